The van der Waals surface area contributed by atoms with E-state index in [1.165, 1.54) is 13.8 Å². The molecule has 0 aromatic rings. The number of fused-ring (bicyclic) bond motifs is 14. The van der Waals surface area contributed by atoms with Gasteiger partial charge in [-0.2, -0.15) is 0 Å². The number of carbonyl (C=O) groups excluding carboxylic acids is 2. The summed E-state index contributed by atoms with van der Waals surface area (Å²) >= 11 is 0. The Hall–Kier alpha value is -1.66. The van der Waals surface area contributed by atoms with Crippen molar-refractivity contribution in [2.75, 3.05) is 0 Å². The van der Waals surface area contributed by atoms with Crippen LogP contribution in [0.5, 0.6) is 0 Å². The molecule has 63 heavy (non-hydrogen) atoms. The topological polar surface area (TPSA) is 268 Å². The van der Waals surface area contributed by atoms with E-state index in [4.69, 9.17) is 47.4 Å². The van der Waals surface area contributed by atoms with Gasteiger partial charge in [0.25, 0.3) is 0 Å². The molecule has 366 valence electrons. The first kappa shape index (κ1) is 52.3. The van der Waals surface area contributed by atoms with Crippen LogP contribution in [0.2, 0.25) is 0 Å². The zero-order valence-corrected chi connectivity index (χ0v) is 37.9. The highest BCUT2D eigenvalue weighted by Crippen LogP contribution is 2.37. The predicted octanol–water partition coefficient (Wildman–Crippen LogP) is 1.62. The van der Waals surface area contributed by atoms with Crippen LogP contribution in [0.15, 0.2) is 0 Å². The van der Waals surface area contributed by atoms with Gasteiger partial charge in [-0.05, 0) is 47.0 Å². The lowest BCUT2D eigenvalue weighted by atomic mass is 9.95. The Labute approximate surface area is 370 Å². The smallest absolute Gasteiger partial charge is 0.308 e. The summed E-state index contributed by atoms with van der Waals surface area (Å²) in [5.74, 6) is -2.03. The lowest BCUT2D eigenvalue weighted by molar-refractivity contribution is -0.383. The fourth-order valence-corrected chi connectivity index (χ4v) is 8.84. The molecule has 6 aliphatic rings. The fourth-order valence-electron chi connectivity index (χ4n) is 8.84. The molecule has 6 rings (SSSR count). The van der Waals surface area contributed by atoms with E-state index < -0.39 is 141 Å². The van der Waals surface area contributed by atoms with Gasteiger partial charge in [-0.1, -0.05) is 78.6 Å². The van der Waals surface area contributed by atoms with E-state index in [0.29, 0.717) is 6.42 Å². The highest BCUT2D eigenvalue weighted by molar-refractivity contribution is 5.71. The number of aliphatic hydroxyl groups excluding tert-OH is 7. The number of rotatable bonds is 10. The van der Waals surface area contributed by atoms with E-state index in [-0.39, 0.29) is 12.5 Å². The first-order valence-electron chi connectivity index (χ1n) is 23.3. The molecule has 0 radical (unpaired) electrons. The third-order valence-corrected chi connectivity index (χ3v) is 12.8. The summed E-state index contributed by atoms with van der Waals surface area (Å²) in [4.78, 5) is 26.6. The number of hydrogen-bond acceptors (Lipinski definition) is 19. The van der Waals surface area contributed by atoms with Crippen LogP contribution in [0.25, 0.3) is 0 Å². The quantitative estimate of drug-likeness (QED) is 0.121. The van der Waals surface area contributed by atoms with Crippen molar-refractivity contribution in [3.8, 4) is 0 Å². The molecule has 21 atom stereocenters. The molecule has 0 aromatic heterocycles. The van der Waals surface area contributed by atoms with Gasteiger partial charge in [-0.15, -0.1) is 0 Å². The van der Waals surface area contributed by atoms with Crippen molar-refractivity contribution >= 4 is 11.9 Å². The maximum Gasteiger partial charge on any atom is 0.308 e. The molecule has 19 heteroatoms. The molecule has 6 heterocycles. The van der Waals surface area contributed by atoms with Crippen molar-refractivity contribution in [2.45, 2.75) is 261 Å². The van der Waals surface area contributed by atoms with Crippen molar-refractivity contribution in [3.63, 3.8) is 0 Å². The van der Waals surface area contributed by atoms with Crippen LogP contribution >= 0.6 is 0 Å². The Bertz CT molecular complexity index is 1390. The third kappa shape index (κ3) is 13.5. The number of aliphatic hydroxyl groups is 7. The predicted molar refractivity (Wildman–Crippen MR) is 219 cm³/mol. The Balaban J connectivity index is 1.38. The number of carbonyl (C=O) groups is 2. The first-order chi connectivity index (χ1) is 29.9. The van der Waals surface area contributed by atoms with Gasteiger partial charge in [0.2, 0.25) is 0 Å². The summed E-state index contributed by atoms with van der Waals surface area (Å²) in [7, 11) is 0. The van der Waals surface area contributed by atoms with Crippen LogP contribution in [0.1, 0.15) is 132 Å². The second kappa shape index (κ2) is 24.4. The SMILES string of the molecule is CCCCC[C@H]1CCCCCCCCCC(=O)O[C@H]2[C@@H](O)[C@H](O[C@@H]3[C@@H](O)[C@@H](O)[C@H](O1)O[C@H]3C)O[C@@H](C)[C@@H]2O[C@@H]1O[C@@H](C)[C@H](O[C@@H]2O[C@@H](C)[C@H](O)[C@@H](O)[C@H]2O)[C@@H](O)[C@H]1OC(=O)C(C)C. The second-order valence-electron chi connectivity index (χ2n) is 18.4. The maximum atomic E-state index is 13.5. The van der Waals surface area contributed by atoms with E-state index in [9.17, 15) is 45.3 Å². The molecule has 0 unspecified atom stereocenters. The minimum atomic E-state index is -1.75. The molecule has 6 aliphatic heterocycles. The molecular weight excluding hydrogens is 832 g/mol. The van der Waals surface area contributed by atoms with Gasteiger partial charge in [0.05, 0.1) is 36.4 Å². The van der Waals surface area contributed by atoms with Crippen LogP contribution in [0.3, 0.4) is 0 Å². The van der Waals surface area contributed by atoms with Gasteiger partial charge in [0, 0.05) is 6.42 Å². The normalized spacial score (nSPS) is 45.3. The van der Waals surface area contributed by atoms with Gasteiger partial charge < -0.3 is 83.1 Å². The molecule has 7 N–H and O–H groups in total. The molecule has 19 nitrogen and oxygen atoms in total. The molecule has 6 saturated heterocycles. The minimum absolute atomic E-state index is 0.0377. The number of hydrogen-bond donors (Lipinski definition) is 7. The number of unbranched alkanes of at least 4 members (excludes halogenated alkanes) is 2. The van der Waals surface area contributed by atoms with Gasteiger partial charge in [0.1, 0.15) is 61.0 Å². The van der Waals surface area contributed by atoms with Gasteiger partial charge in [-0.25, -0.2) is 0 Å². The molecule has 0 spiro atoms. The fraction of sp³-hybridized carbons (Fsp3) is 0.955. The monoisotopic (exact) mass is 908 g/mol. The average molecular weight is 909 g/mol. The summed E-state index contributed by atoms with van der Waals surface area (Å²) in [6.07, 6.45) is -17.2. The van der Waals surface area contributed by atoms with E-state index in [1.807, 2.05) is 0 Å². The largest absolute Gasteiger partial charge is 0.456 e. The lowest BCUT2D eigenvalue weighted by Crippen LogP contribution is -2.67. The minimum Gasteiger partial charge on any atom is -0.456 e. The van der Waals surface area contributed by atoms with E-state index in [0.717, 1.165) is 70.6 Å². The van der Waals surface area contributed by atoms with Crippen molar-refractivity contribution < 1.29 is 92.7 Å². The Morgan fingerprint density at radius 3 is 1.87 bits per heavy atom. The van der Waals surface area contributed by atoms with Gasteiger partial charge >= 0.3 is 11.9 Å². The standard InChI is InChI=1S/C44H76O19/c1-8-9-15-18-26-19-16-13-11-10-12-14-17-20-27(45)59-38-34(52)43(61-35-23(5)55-41(58-26)32(50)30(35)48)56-25(7)37(38)63-44-39(60-40(53)21(2)3)33(51)36(24(6)57-44)62-42-31(49)29(47)28(46)22(4)54-42/h21-26,28-39,41-44,46-52H,8-20H2,1-7H3/t22-,23-,24-,25-,26-,28-,29+,30-,31+,32+,33+,34+,35-,36-,37-,38-,39+,41-,42-,43-,44-/m0/s1. The molecule has 0 amide bonds. The summed E-state index contributed by atoms with van der Waals surface area (Å²) in [6.45, 7) is 11.5. The van der Waals surface area contributed by atoms with Gasteiger partial charge in [0.15, 0.2) is 37.4 Å². The number of ether oxygens (including phenoxy) is 10. The third-order valence-electron chi connectivity index (χ3n) is 12.8. The Morgan fingerprint density at radius 2 is 1.19 bits per heavy atom. The van der Waals surface area contributed by atoms with Crippen LogP contribution < -0.4 is 0 Å². The van der Waals surface area contributed by atoms with Crippen LogP contribution in [-0.2, 0) is 57.0 Å². The molecule has 6 fully saturated rings. The van der Waals surface area contributed by atoms with Crippen LogP contribution in [0, 0.1) is 5.92 Å². The molecule has 0 saturated carbocycles. The highest BCUT2D eigenvalue weighted by atomic mass is 16.8. The first-order valence-corrected chi connectivity index (χ1v) is 23.3. The van der Waals surface area contributed by atoms with Crippen molar-refractivity contribution in [3.05, 3.63) is 0 Å². The summed E-state index contributed by atoms with van der Waals surface area (Å²) < 4.78 is 60.6. The molecule has 4 bridgehead atoms. The van der Waals surface area contributed by atoms with Gasteiger partial charge in [-0.3, -0.25) is 9.59 Å². The van der Waals surface area contributed by atoms with E-state index in [1.54, 1.807) is 27.7 Å². The summed E-state index contributed by atoms with van der Waals surface area (Å²) in [5, 5.41) is 77.7. The molecular formula is C44H76O19. The summed E-state index contributed by atoms with van der Waals surface area (Å²) in [6, 6.07) is 0. The lowest BCUT2D eigenvalue weighted by Gasteiger charge is -2.49. The summed E-state index contributed by atoms with van der Waals surface area (Å²) in [5.41, 5.74) is 0. The Kier molecular flexibility index (Phi) is 20.2. The average Bonchev–Trinajstić information content (AvgIpc) is 3.23. The molecule has 0 aliphatic carbocycles. The van der Waals surface area contributed by atoms with E-state index >= 15 is 0 Å². The number of esters is 2. The second-order valence-corrected chi connectivity index (χ2v) is 18.4. The maximum absolute atomic E-state index is 13.5. The van der Waals surface area contributed by atoms with E-state index in [2.05, 4.69) is 6.92 Å². The highest BCUT2D eigenvalue weighted by Gasteiger charge is 2.56. The van der Waals surface area contributed by atoms with Crippen LogP contribution in [0.4, 0.5) is 0 Å². The van der Waals surface area contributed by atoms with Crippen molar-refractivity contribution in [1.29, 1.82) is 0 Å². The zero-order chi connectivity index (χ0) is 46.1. The Morgan fingerprint density at radius 1 is 0.587 bits per heavy atom. The molecule has 0 aromatic carbocycles. The van der Waals surface area contributed by atoms with Crippen molar-refractivity contribution in [1.82, 2.24) is 0 Å². The van der Waals surface area contributed by atoms with Crippen LogP contribution in [-0.4, -0.2) is 177 Å². The van der Waals surface area contributed by atoms with Crippen molar-refractivity contribution in [2.24, 2.45) is 5.92 Å². The zero-order valence-electron chi connectivity index (χ0n) is 37.9.